The Morgan fingerprint density at radius 1 is 0.594 bits per heavy atom. The zero-order valence-electron chi connectivity index (χ0n) is 15.2. The van der Waals surface area contributed by atoms with Crippen molar-refractivity contribution in [1.29, 1.82) is 0 Å². The van der Waals surface area contributed by atoms with E-state index in [9.17, 15) is 43.9 Å². The molecule has 3 aromatic rings. The molecule has 0 heterocycles. The minimum atomic E-state index is -5.17. The van der Waals surface area contributed by atoms with Gasteiger partial charge in [-0.15, -0.1) is 13.2 Å². The molecule has 0 aliphatic rings. The summed E-state index contributed by atoms with van der Waals surface area (Å²) < 4.78 is 141. The molecule has 0 unspecified atom stereocenters. The summed E-state index contributed by atoms with van der Waals surface area (Å²) in [5, 5.41) is 0. The average Bonchev–Trinajstić information content (AvgIpc) is 2.61. The third-order valence-corrected chi connectivity index (χ3v) is 3.95. The van der Waals surface area contributed by atoms with E-state index in [1.54, 1.807) is 0 Å². The lowest BCUT2D eigenvalue weighted by atomic mass is 10.0. The molecule has 170 valence electrons. The quantitative estimate of drug-likeness (QED) is 0.371. The van der Waals surface area contributed by atoms with Crippen molar-refractivity contribution in [3.05, 3.63) is 83.2 Å². The molecule has 0 aromatic heterocycles. The maximum Gasteiger partial charge on any atom is 0.573 e. The van der Waals surface area contributed by atoms with Crippen LogP contribution in [0.1, 0.15) is 5.56 Å². The van der Waals surface area contributed by atoms with Crippen molar-refractivity contribution in [3.63, 3.8) is 0 Å². The summed E-state index contributed by atoms with van der Waals surface area (Å²) in [4.78, 5) is 0. The smallest absolute Gasteiger partial charge is 0.429 e. The van der Waals surface area contributed by atoms with Crippen molar-refractivity contribution in [2.24, 2.45) is 0 Å². The van der Waals surface area contributed by atoms with E-state index in [1.165, 1.54) is 0 Å². The van der Waals surface area contributed by atoms with E-state index in [1.807, 2.05) is 0 Å². The van der Waals surface area contributed by atoms with E-state index >= 15 is 0 Å². The van der Waals surface area contributed by atoms with Gasteiger partial charge >= 0.3 is 12.5 Å². The summed E-state index contributed by atoms with van der Waals surface area (Å²) >= 11 is 0. The monoisotopic (exact) mass is 470 g/mol. The van der Waals surface area contributed by atoms with Crippen LogP contribution in [0.4, 0.5) is 43.9 Å². The van der Waals surface area contributed by atoms with Crippen LogP contribution in [0.5, 0.6) is 11.5 Å². The highest BCUT2D eigenvalue weighted by atomic mass is 19.4. The number of hydrogen-bond acceptors (Lipinski definition) is 2. The van der Waals surface area contributed by atoms with Gasteiger partial charge in [0.15, 0.2) is 11.6 Å². The van der Waals surface area contributed by atoms with Crippen molar-refractivity contribution < 1.29 is 53.4 Å². The van der Waals surface area contributed by atoms with Gasteiger partial charge in [0.25, 0.3) is 0 Å². The lowest BCUT2D eigenvalue weighted by molar-refractivity contribution is -0.275. The third-order valence-electron chi connectivity index (χ3n) is 3.95. The summed E-state index contributed by atoms with van der Waals surface area (Å²) in [6.45, 7) is 0. The van der Waals surface area contributed by atoms with E-state index in [4.69, 9.17) is 0 Å². The summed E-state index contributed by atoms with van der Waals surface area (Å²) in [6.07, 6.45) is -9.83. The molecular formula is C20H8F10O2. The van der Waals surface area contributed by atoms with Gasteiger partial charge in [0.2, 0.25) is 0 Å². The van der Waals surface area contributed by atoms with Gasteiger partial charge in [0.1, 0.15) is 34.6 Å². The first-order chi connectivity index (χ1) is 14.8. The summed E-state index contributed by atoms with van der Waals surface area (Å²) in [5.74, 6) is -10.2. The maximum absolute atomic E-state index is 14.4. The van der Waals surface area contributed by atoms with Gasteiger partial charge in [-0.25, -0.2) is 22.0 Å². The zero-order chi connectivity index (χ0) is 23.8. The van der Waals surface area contributed by atoms with Gasteiger partial charge < -0.3 is 9.47 Å². The lowest BCUT2D eigenvalue weighted by Gasteiger charge is -2.20. The highest BCUT2D eigenvalue weighted by molar-refractivity contribution is 5.66. The highest BCUT2D eigenvalue weighted by Gasteiger charge is 2.41. The number of hydrogen-bond donors (Lipinski definition) is 0. The second-order valence-corrected chi connectivity index (χ2v) is 6.20. The van der Waals surface area contributed by atoms with Gasteiger partial charge in [-0.1, -0.05) is 6.07 Å². The zero-order valence-corrected chi connectivity index (χ0v) is 15.2. The van der Waals surface area contributed by atoms with E-state index in [2.05, 4.69) is 9.47 Å². The molecule has 0 atom stereocenters. The second-order valence-electron chi connectivity index (χ2n) is 6.20. The molecule has 0 saturated heterocycles. The SMILES string of the molecule is Fc1cc(F)c(C(F)(F)Oc2ccc(-c3ccc(OC(F)(F)F)c(F)c3)c(F)c2)c(F)c1. The van der Waals surface area contributed by atoms with Crippen LogP contribution in [0.25, 0.3) is 11.1 Å². The van der Waals surface area contributed by atoms with Crippen LogP contribution in [0.15, 0.2) is 48.5 Å². The van der Waals surface area contributed by atoms with Gasteiger partial charge in [-0.2, -0.15) is 8.78 Å². The molecule has 3 rings (SSSR count). The molecule has 12 heteroatoms. The van der Waals surface area contributed by atoms with Crippen LogP contribution in [0, 0.1) is 29.1 Å². The molecule has 3 aromatic carbocycles. The van der Waals surface area contributed by atoms with Crippen LogP contribution < -0.4 is 9.47 Å². The van der Waals surface area contributed by atoms with Gasteiger partial charge in [-0.05, 0) is 29.8 Å². The topological polar surface area (TPSA) is 18.5 Å². The largest absolute Gasteiger partial charge is 0.573 e. The van der Waals surface area contributed by atoms with Crippen molar-refractivity contribution in [1.82, 2.24) is 0 Å². The second kappa shape index (κ2) is 8.24. The Kier molecular flexibility index (Phi) is 5.98. The molecule has 0 amide bonds. The molecule has 2 nitrogen and oxygen atoms in total. The maximum atomic E-state index is 14.4. The normalized spacial score (nSPS) is 12.1. The van der Waals surface area contributed by atoms with Crippen molar-refractivity contribution >= 4 is 0 Å². The predicted octanol–water partition coefficient (Wildman–Crippen LogP) is 7.08. The molecule has 0 fully saturated rings. The number of alkyl halides is 5. The van der Waals surface area contributed by atoms with Crippen LogP contribution in [0.2, 0.25) is 0 Å². The average molecular weight is 470 g/mol. The predicted molar refractivity (Wildman–Crippen MR) is 89.3 cm³/mol. The van der Waals surface area contributed by atoms with E-state index in [0.29, 0.717) is 18.2 Å². The first-order valence-electron chi connectivity index (χ1n) is 8.34. The fourth-order valence-corrected chi connectivity index (χ4v) is 2.69. The lowest BCUT2D eigenvalue weighted by Crippen LogP contribution is -2.25. The van der Waals surface area contributed by atoms with Gasteiger partial charge in [-0.3, -0.25) is 0 Å². The Morgan fingerprint density at radius 2 is 1.22 bits per heavy atom. The number of halogens is 10. The molecular weight excluding hydrogens is 462 g/mol. The molecule has 0 spiro atoms. The van der Waals surface area contributed by atoms with Crippen LogP contribution in [-0.2, 0) is 6.11 Å². The fourth-order valence-electron chi connectivity index (χ4n) is 2.69. The fraction of sp³-hybridized carbons (Fsp3) is 0.100. The molecule has 0 radical (unpaired) electrons. The van der Waals surface area contributed by atoms with E-state index in [-0.39, 0.29) is 17.7 Å². The third kappa shape index (κ3) is 5.06. The first-order valence-corrected chi connectivity index (χ1v) is 8.34. The molecule has 0 N–H and O–H groups in total. The van der Waals surface area contributed by atoms with E-state index in [0.717, 1.165) is 18.2 Å². The van der Waals surface area contributed by atoms with Crippen LogP contribution >= 0.6 is 0 Å². The van der Waals surface area contributed by atoms with Crippen LogP contribution in [0.3, 0.4) is 0 Å². The Labute approximate surface area is 172 Å². The standard InChI is InChI=1S/C20H8F10O2/c21-10-6-15(24)18(16(25)7-10)19(26,27)31-11-2-3-12(13(22)8-11)9-1-4-17(14(23)5-9)32-20(28,29)30/h1-8H. The Morgan fingerprint density at radius 3 is 1.75 bits per heavy atom. The summed E-state index contributed by atoms with van der Waals surface area (Å²) in [5.41, 5.74) is -2.61. The summed E-state index contributed by atoms with van der Waals surface area (Å²) in [6, 6.07) is 3.90. The number of benzene rings is 3. The molecule has 0 bridgehead atoms. The molecule has 0 aliphatic heterocycles. The Bertz CT molecular complexity index is 1130. The minimum absolute atomic E-state index is 0.0000728. The van der Waals surface area contributed by atoms with E-state index < -0.39 is 64.2 Å². The minimum Gasteiger partial charge on any atom is -0.429 e. The van der Waals surface area contributed by atoms with Gasteiger partial charge in [0, 0.05) is 23.8 Å². The first kappa shape index (κ1) is 23.2. The van der Waals surface area contributed by atoms with Crippen molar-refractivity contribution in [2.45, 2.75) is 12.5 Å². The van der Waals surface area contributed by atoms with Crippen LogP contribution in [-0.4, -0.2) is 6.36 Å². The highest BCUT2D eigenvalue weighted by Crippen LogP contribution is 2.37. The van der Waals surface area contributed by atoms with Crippen molar-refractivity contribution in [2.75, 3.05) is 0 Å². The van der Waals surface area contributed by atoms with Crippen molar-refractivity contribution in [3.8, 4) is 22.6 Å². The number of rotatable bonds is 5. The molecule has 0 saturated carbocycles. The molecule has 32 heavy (non-hydrogen) atoms. The Balaban J connectivity index is 1.88. The van der Waals surface area contributed by atoms with Gasteiger partial charge in [0.05, 0.1) is 0 Å². The molecule has 0 aliphatic carbocycles. The summed E-state index contributed by atoms with van der Waals surface area (Å²) in [7, 11) is 0. The Hall–Kier alpha value is -3.44. The number of ether oxygens (including phenoxy) is 2.